The maximum absolute atomic E-state index is 13.3. The van der Waals surface area contributed by atoms with E-state index in [4.69, 9.17) is 4.74 Å². The molecule has 2 aliphatic heterocycles. The Morgan fingerprint density at radius 1 is 1.16 bits per heavy atom. The van der Waals surface area contributed by atoms with Crippen molar-refractivity contribution in [2.24, 2.45) is 0 Å². The van der Waals surface area contributed by atoms with E-state index in [1.54, 1.807) is 19.2 Å². The first-order chi connectivity index (χ1) is 15.0. The second-order valence-corrected chi connectivity index (χ2v) is 8.02. The second kappa shape index (κ2) is 8.79. The average Bonchev–Trinajstić information content (AvgIpc) is 3.19. The molecule has 1 N–H and O–H groups in total. The van der Waals surface area contributed by atoms with E-state index in [0.29, 0.717) is 18.5 Å². The minimum absolute atomic E-state index is 0.0287. The van der Waals surface area contributed by atoms with Gasteiger partial charge in [-0.2, -0.15) is 0 Å². The topological polar surface area (TPSA) is 87.2 Å². The lowest BCUT2D eigenvalue weighted by atomic mass is 10.0. The van der Waals surface area contributed by atoms with Crippen LogP contribution in [0.25, 0.3) is 0 Å². The highest BCUT2D eigenvalue weighted by Gasteiger charge is 2.43. The molecule has 7 heteroatoms. The summed E-state index contributed by atoms with van der Waals surface area (Å²) in [7, 11) is 1.60. The van der Waals surface area contributed by atoms with Gasteiger partial charge in [-0.05, 0) is 48.6 Å². The molecule has 0 unspecified atom stereocenters. The van der Waals surface area contributed by atoms with Gasteiger partial charge in [0, 0.05) is 24.2 Å². The summed E-state index contributed by atoms with van der Waals surface area (Å²) in [4.78, 5) is 40.5. The predicted octanol–water partition coefficient (Wildman–Crippen LogP) is 2.90. The van der Waals surface area contributed by atoms with Gasteiger partial charge >= 0.3 is 5.97 Å². The second-order valence-electron chi connectivity index (χ2n) is 8.02. The number of carboxylic acids is 1. The molecule has 4 rings (SSSR count). The third kappa shape index (κ3) is 4.00. The van der Waals surface area contributed by atoms with Crippen molar-refractivity contribution in [1.82, 2.24) is 4.90 Å². The smallest absolute Gasteiger partial charge is 0.326 e. The maximum atomic E-state index is 13.3. The molecule has 0 saturated carbocycles. The summed E-state index contributed by atoms with van der Waals surface area (Å²) in [5, 5.41) is 9.91. The number of hydrogen-bond donors (Lipinski definition) is 1. The number of benzene rings is 2. The fraction of sp³-hybridized carbons (Fsp3) is 0.375. The number of fused-ring (bicyclic) bond motifs is 1. The molecule has 2 aliphatic rings. The van der Waals surface area contributed by atoms with Gasteiger partial charge in [-0.1, -0.05) is 24.3 Å². The van der Waals surface area contributed by atoms with Gasteiger partial charge in [0.15, 0.2) is 0 Å². The van der Waals surface area contributed by atoms with Crippen LogP contribution in [0.5, 0.6) is 5.75 Å². The van der Waals surface area contributed by atoms with Crippen LogP contribution < -0.4 is 9.64 Å². The first-order valence-electron chi connectivity index (χ1n) is 10.5. The van der Waals surface area contributed by atoms with E-state index in [1.807, 2.05) is 40.1 Å². The average molecular weight is 422 g/mol. The van der Waals surface area contributed by atoms with E-state index in [0.717, 1.165) is 41.7 Å². The molecule has 0 aliphatic carbocycles. The molecule has 1 fully saturated rings. The van der Waals surface area contributed by atoms with Crippen LogP contribution >= 0.6 is 0 Å². The normalized spacial score (nSPS) is 20.3. The van der Waals surface area contributed by atoms with Crippen LogP contribution in [0.1, 0.15) is 40.7 Å². The minimum atomic E-state index is -0.943. The number of piperidine rings is 1. The lowest BCUT2D eigenvalue weighted by Crippen LogP contribution is -2.57. The number of carbonyl (C=O) groups is 3. The van der Waals surface area contributed by atoms with Crippen LogP contribution in [0.3, 0.4) is 0 Å². The van der Waals surface area contributed by atoms with Gasteiger partial charge in [-0.25, -0.2) is 4.79 Å². The van der Waals surface area contributed by atoms with Gasteiger partial charge < -0.3 is 19.6 Å². The van der Waals surface area contributed by atoms with Gasteiger partial charge in [0.1, 0.15) is 24.2 Å². The van der Waals surface area contributed by atoms with Gasteiger partial charge in [0.25, 0.3) is 0 Å². The van der Waals surface area contributed by atoms with Crippen LogP contribution in [0.2, 0.25) is 0 Å². The van der Waals surface area contributed by atoms with Gasteiger partial charge in [-0.15, -0.1) is 0 Å². The molecule has 2 aromatic carbocycles. The highest BCUT2D eigenvalue weighted by molar-refractivity contribution is 5.89. The number of methoxy groups -OCH3 is 1. The van der Waals surface area contributed by atoms with Crippen molar-refractivity contribution in [1.29, 1.82) is 0 Å². The Labute approximate surface area is 181 Å². The molecule has 0 spiro atoms. The Bertz CT molecular complexity index is 988. The number of carbonyl (C=O) groups excluding carboxylic acids is 2. The zero-order chi connectivity index (χ0) is 22.0. The van der Waals surface area contributed by atoms with E-state index >= 15 is 0 Å². The van der Waals surface area contributed by atoms with Crippen LogP contribution in [-0.4, -0.2) is 54.0 Å². The van der Waals surface area contributed by atoms with Crippen molar-refractivity contribution >= 4 is 23.9 Å². The molecule has 2 aromatic rings. The van der Waals surface area contributed by atoms with E-state index < -0.39 is 12.0 Å². The highest BCUT2D eigenvalue weighted by Crippen LogP contribution is 2.39. The number of likely N-dealkylation sites (tertiary alicyclic amines) is 1. The monoisotopic (exact) mass is 422 g/mol. The van der Waals surface area contributed by atoms with E-state index in [1.165, 1.54) is 0 Å². The third-order valence-corrected chi connectivity index (χ3v) is 6.24. The summed E-state index contributed by atoms with van der Waals surface area (Å²) in [6, 6.07) is 11.9. The summed E-state index contributed by atoms with van der Waals surface area (Å²) < 4.78 is 5.18. The number of anilines is 1. The molecular weight excluding hydrogens is 396 g/mol. The molecule has 0 radical (unpaired) electrons. The lowest BCUT2D eigenvalue weighted by Gasteiger charge is -2.44. The zero-order valence-electron chi connectivity index (χ0n) is 17.5. The molecule has 0 aromatic heterocycles. The SMILES string of the molecule is COc1ccc(CC(=O)N2CCCC[C@@H]2N2c3cccc(C=O)c3C[C@H]2C(=O)O)cc1. The van der Waals surface area contributed by atoms with Crippen LogP contribution in [0.4, 0.5) is 5.69 Å². The van der Waals surface area contributed by atoms with Gasteiger partial charge in [-0.3, -0.25) is 9.59 Å². The van der Waals surface area contributed by atoms with Crippen molar-refractivity contribution < 1.29 is 24.2 Å². The van der Waals surface area contributed by atoms with E-state index in [-0.39, 0.29) is 24.9 Å². The molecule has 0 bridgehead atoms. The fourth-order valence-electron chi connectivity index (χ4n) is 4.71. The molecule has 7 nitrogen and oxygen atoms in total. The first kappa shape index (κ1) is 20.9. The van der Waals surface area contributed by atoms with Crippen LogP contribution in [-0.2, 0) is 22.4 Å². The molecular formula is C24H26N2O5. The number of ether oxygens (including phenoxy) is 1. The number of hydrogen-bond acceptors (Lipinski definition) is 5. The zero-order valence-corrected chi connectivity index (χ0v) is 17.5. The number of nitrogens with zero attached hydrogens (tertiary/aromatic N) is 2. The molecule has 1 saturated heterocycles. The number of amides is 1. The molecule has 2 heterocycles. The Hall–Kier alpha value is -3.35. The van der Waals surface area contributed by atoms with Crippen molar-refractivity contribution in [2.75, 3.05) is 18.6 Å². The van der Waals surface area contributed by atoms with Gasteiger partial charge in [0.2, 0.25) is 5.91 Å². The first-order valence-corrected chi connectivity index (χ1v) is 10.5. The van der Waals surface area contributed by atoms with Crippen LogP contribution in [0.15, 0.2) is 42.5 Å². The summed E-state index contributed by atoms with van der Waals surface area (Å²) in [5.74, 6) is -0.240. The van der Waals surface area contributed by atoms with E-state index in [9.17, 15) is 19.5 Å². The lowest BCUT2D eigenvalue weighted by molar-refractivity contribution is -0.140. The fourth-order valence-corrected chi connectivity index (χ4v) is 4.71. The van der Waals surface area contributed by atoms with Crippen molar-refractivity contribution in [3.63, 3.8) is 0 Å². The third-order valence-electron chi connectivity index (χ3n) is 6.24. The molecule has 31 heavy (non-hydrogen) atoms. The largest absolute Gasteiger partial charge is 0.497 e. The number of rotatable bonds is 6. The van der Waals surface area contributed by atoms with Gasteiger partial charge in [0.05, 0.1) is 13.5 Å². The van der Waals surface area contributed by atoms with Crippen molar-refractivity contribution in [2.45, 2.75) is 44.3 Å². The summed E-state index contributed by atoms with van der Waals surface area (Å²) in [6.07, 6.45) is 3.44. The molecule has 162 valence electrons. The number of aldehydes is 1. The maximum Gasteiger partial charge on any atom is 0.326 e. The number of carboxylic acid groups (broad SMARTS) is 1. The number of aliphatic carboxylic acids is 1. The summed E-state index contributed by atoms with van der Waals surface area (Å²) in [5.41, 5.74) is 2.89. The Morgan fingerprint density at radius 2 is 1.94 bits per heavy atom. The quantitative estimate of drug-likeness (QED) is 0.721. The van der Waals surface area contributed by atoms with Crippen molar-refractivity contribution in [3.05, 3.63) is 59.2 Å². The van der Waals surface area contributed by atoms with E-state index in [2.05, 4.69) is 0 Å². The Balaban J connectivity index is 1.63. The van der Waals surface area contributed by atoms with Crippen LogP contribution in [0, 0.1) is 0 Å². The standard InChI is InChI=1S/C24H26N2O5/c1-31-18-10-8-16(9-11-18)13-23(28)25-12-3-2-7-22(25)26-20-6-4-5-17(15-27)19(20)14-21(26)24(29)30/h4-6,8-11,15,21-22H,2-3,7,12-14H2,1H3,(H,29,30)/t21-,22-/m0/s1. The predicted molar refractivity (Wildman–Crippen MR) is 115 cm³/mol. The highest BCUT2D eigenvalue weighted by atomic mass is 16.5. The Morgan fingerprint density at radius 3 is 2.61 bits per heavy atom. The minimum Gasteiger partial charge on any atom is -0.497 e. The molecule has 2 atom stereocenters. The summed E-state index contributed by atoms with van der Waals surface area (Å²) >= 11 is 0. The van der Waals surface area contributed by atoms with Crippen molar-refractivity contribution in [3.8, 4) is 5.75 Å². The summed E-state index contributed by atoms with van der Waals surface area (Å²) in [6.45, 7) is 0.588. The molecule has 1 amide bonds. The Kier molecular flexibility index (Phi) is 5.93.